The number of rotatable bonds is 6. The van der Waals surface area contributed by atoms with Crippen molar-refractivity contribution in [1.82, 2.24) is 15.0 Å². The highest BCUT2D eigenvalue weighted by Crippen LogP contribution is 2.46. The fourth-order valence-electron chi connectivity index (χ4n) is 8.89. The third-order valence-electron chi connectivity index (χ3n) is 12.3. The second kappa shape index (κ2) is 15.3. The maximum absolute atomic E-state index is 5.25. The second-order valence-electron chi connectivity index (χ2n) is 18.5. The van der Waals surface area contributed by atoms with E-state index in [-0.39, 0.29) is 10.8 Å². The lowest BCUT2D eigenvalue weighted by Crippen LogP contribution is -2.11. The van der Waals surface area contributed by atoms with E-state index in [2.05, 4.69) is 230 Å². The van der Waals surface area contributed by atoms with E-state index in [1.807, 2.05) is 0 Å². The molecule has 0 fully saturated rings. The highest BCUT2D eigenvalue weighted by molar-refractivity contribution is 6.24. The molecule has 0 atom stereocenters. The molecule has 0 aliphatic rings. The van der Waals surface area contributed by atoms with Crippen LogP contribution in [0.15, 0.2) is 188 Å². The number of hydrogen-bond acceptors (Lipinski definition) is 3. The SMILES string of the molecule is CC(C)(C)c1ccc(-c2nc(-c3ccc(C(C)(C)C)cc3)nc(-c3ccc(-c4c5ccccc5c(-c5ccc(-c6ccccc6)cc5)c5ccccc45)c4ccccc34)n2)cc1. The van der Waals surface area contributed by atoms with E-state index < -0.39 is 0 Å². The Labute approximate surface area is 364 Å². The number of aromatic nitrogens is 3. The number of nitrogens with zero attached hydrogens (tertiary/aromatic N) is 3. The van der Waals surface area contributed by atoms with Crippen molar-refractivity contribution in [2.75, 3.05) is 0 Å². The van der Waals surface area contributed by atoms with E-state index in [9.17, 15) is 0 Å². The molecule has 62 heavy (non-hydrogen) atoms. The van der Waals surface area contributed by atoms with Crippen LogP contribution in [0.1, 0.15) is 52.7 Å². The van der Waals surface area contributed by atoms with Gasteiger partial charge in [0.25, 0.3) is 0 Å². The highest BCUT2D eigenvalue weighted by Gasteiger charge is 2.22. The van der Waals surface area contributed by atoms with Gasteiger partial charge in [-0.2, -0.15) is 0 Å². The molecular weight excluding hydrogens is 751 g/mol. The minimum absolute atomic E-state index is 0.0362. The van der Waals surface area contributed by atoms with Gasteiger partial charge in [0.2, 0.25) is 0 Å². The van der Waals surface area contributed by atoms with Crippen molar-refractivity contribution in [3.8, 4) is 67.5 Å². The van der Waals surface area contributed by atoms with Gasteiger partial charge in [-0.15, -0.1) is 0 Å². The van der Waals surface area contributed by atoms with Crippen LogP contribution in [0.3, 0.4) is 0 Å². The molecule has 10 rings (SSSR count). The average molecular weight is 800 g/mol. The van der Waals surface area contributed by atoms with Gasteiger partial charge in [-0.05, 0) is 93.7 Å². The summed E-state index contributed by atoms with van der Waals surface area (Å²) >= 11 is 0. The van der Waals surface area contributed by atoms with Crippen LogP contribution in [0.2, 0.25) is 0 Å². The standard InChI is InChI=1S/C59H49N3/c1-58(2,3)43-32-28-41(29-33-43)55-60-56(42-30-34-44(35-31-42)59(4,5)6)62-57(61-55)52-37-36-51(45-18-10-11-19-46(45)52)54-49-22-14-12-20-47(49)53(48-21-13-15-23-50(48)54)40-26-24-39(25-27-40)38-16-8-7-9-17-38/h7-37H,1-6H3. The minimum Gasteiger partial charge on any atom is -0.208 e. The number of benzene rings is 9. The highest BCUT2D eigenvalue weighted by atomic mass is 15.0. The molecule has 0 unspecified atom stereocenters. The maximum atomic E-state index is 5.25. The van der Waals surface area contributed by atoms with Crippen molar-refractivity contribution in [2.24, 2.45) is 0 Å². The first-order chi connectivity index (χ1) is 30.0. The van der Waals surface area contributed by atoms with E-state index in [1.54, 1.807) is 0 Å². The fourth-order valence-corrected chi connectivity index (χ4v) is 8.89. The Morgan fingerprint density at radius 1 is 0.258 bits per heavy atom. The monoisotopic (exact) mass is 799 g/mol. The van der Waals surface area contributed by atoms with E-state index in [0.717, 1.165) is 27.5 Å². The Hall–Kier alpha value is -7.23. The Bertz CT molecular complexity index is 3130. The summed E-state index contributed by atoms with van der Waals surface area (Å²) in [7, 11) is 0. The Morgan fingerprint density at radius 2 is 0.597 bits per heavy atom. The molecule has 1 heterocycles. The van der Waals surface area contributed by atoms with Crippen molar-refractivity contribution < 1.29 is 0 Å². The molecule has 0 aliphatic heterocycles. The van der Waals surface area contributed by atoms with E-state index in [0.29, 0.717) is 17.5 Å². The predicted molar refractivity (Wildman–Crippen MR) is 262 cm³/mol. The van der Waals surface area contributed by atoms with Gasteiger partial charge in [0.15, 0.2) is 17.5 Å². The molecule has 0 amide bonds. The molecule has 0 aliphatic carbocycles. The number of hydrogen-bond donors (Lipinski definition) is 0. The van der Waals surface area contributed by atoms with Crippen molar-refractivity contribution in [3.05, 3.63) is 199 Å². The molecule has 0 saturated heterocycles. The summed E-state index contributed by atoms with van der Waals surface area (Å²) < 4.78 is 0. The van der Waals surface area contributed by atoms with Crippen molar-refractivity contribution in [1.29, 1.82) is 0 Å². The second-order valence-corrected chi connectivity index (χ2v) is 18.5. The van der Waals surface area contributed by atoms with Crippen LogP contribution in [-0.2, 0) is 10.8 Å². The van der Waals surface area contributed by atoms with Crippen molar-refractivity contribution in [2.45, 2.75) is 52.4 Å². The molecule has 300 valence electrons. The zero-order valence-corrected chi connectivity index (χ0v) is 36.2. The molecule has 0 radical (unpaired) electrons. The third-order valence-corrected chi connectivity index (χ3v) is 12.3. The summed E-state index contributed by atoms with van der Waals surface area (Å²) in [6.45, 7) is 13.4. The normalized spacial score (nSPS) is 12.0. The Kier molecular flexibility index (Phi) is 9.64. The van der Waals surface area contributed by atoms with E-state index in [4.69, 9.17) is 15.0 Å². The van der Waals surface area contributed by atoms with Gasteiger partial charge in [-0.3, -0.25) is 0 Å². The third kappa shape index (κ3) is 7.14. The van der Waals surface area contributed by atoms with Crippen molar-refractivity contribution in [3.63, 3.8) is 0 Å². The lowest BCUT2D eigenvalue weighted by atomic mass is 9.84. The Morgan fingerprint density at radius 3 is 1.06 bits per heavy atom. The molecule has 0 N–H and O–H groups in total. The van der Waals surface area contributed by atoms with Crippen LogP contribution in [-0.4, -0.2) is 15.0 Å². The van der Waals surface area contributed by atoms with Crippen molar-refractivity contribution >= 4 is 32.3 Å². The molecule has 10 aromatic rings. The molecular formula is C59H49N3. The summed E-state index contributed by atoms with van der Waals surface area (Å²) in [5, 5.41) is 7.12. The number of fused-ring (bicyclic) bond motifs is 3. The first-order valence-corrected chi connectivity index (χ1v) is 21.6. The van der Waals surface area contributed by atoms with E-state index >= 15 is 0 Å². The first kappa shape index (κ1) is 38.9. The minimum atomic E-state index is 0.0362. The van der Waals surface area contributed by atoms with Gasteiger partial charge in [0.1, 0.15) is 0 Å². The van der Waals surface area contributed by atoms with Gasteiger partial charge in [-0.25, -0.2) is 15.0 Å². The molecule has 0 bridgehead atoms. The van der Waals surface area contributed by atoms with Crippen LogP contribution in [0.5, 0.6) is 0 Å². The van der Waals surface area contributed by atoms with Gasteiger partial charge in [0.05, 0.1) is 0 Å². The van der Waals surface area contributed by atoms with E-state index in [1.165, 1.54) is 66.1 Å². The topological polar surface area (TPSA) is 38.7 Å². The van der Waals surface area contributed by atoms with Crippen LogP contribution < -0.4 is 0 Å². The average Bonchev–Trinajstić information content (AvgIpc) is 3.30. The summed E-state index contributed by atoms with van der Waals surface area (Å²) in [6, 6.07) is 67.9. The maximum Gasteiger partial charge on any atom is 0.164 e. The van der Waals surface area contributed by atoms with Crippen LogP contribution in [0.25, 0.3) is 99.9 Å². The molecule has 1 aromatic heterocycles. The lowest BCUT2D eigenvalue weighted by Gasteiger charge is -2.20. The van der Waals surface area contributed by atoms with Gasteiger partial charge < -0.3 is 0 Å². The van der Waals surface area contributed by atoms with Crippen LogP contribution in [0.4, 0.5) is 0 Å². The fraction of sp³-hybridized carbons (Fsp3) is 0.136. The largest absolute Gasteiger partial charge is 0.208 e. The van der Waals surface area contributed by atoms with Gasteiger partial charge in [-0.1, -0.05) is 224 Å². The summed E-state index contributed by atoms with van der Waals surface area (Å²) in [4.78, 5) is 15.6. The summed E-state index contributed by atoms with van der Waals surface area (Å²) in [6.07, 6.45) is 0. The molecule has 0 spiro atoms. The van der Waals surface area contributed by atoms with Gasteiger partial charge >= 0.3 is 0 Å². The lowest BCUT2D eigenvalue weighted by molar-refractivity contribution is 0.590. The van der Waals surface area contributed by atoms with Gasteiger partial charge in [0, 0.05) is 16.7 Å². The first-order valence-electron chi connectivity index (χ1n) is 21.6. The quantitative estimate of drug-likeness (QED) is 0.157. The van der Waals surface area contributed by atoms with Crippen LogP contribution >= 0.6 is 0 Å². The summed E-state index contributed by atoms with van der Waals surface area (Å²) in [5.74, 6) is 1.96. The molecule has 3 nitrogen and oxygen atoms in total. The zero-order valence-electron chi connectivity index (χ0n) is 36.2. The van der Waals surface area contributed by atoms with Crippen LogP contribution in [0, 0.1) is 0 Å². The predicted octanol–water partition coefficient (Wildman–Crippen LogP) is 15.9. The summed E-state index contributed by atoms with van der Waals surface area (Å²) in [5.41, 5.74) is 12.8. The molecule has 3 heteroatoms. The molecule has 0 saturated carbocycles. The zero-order chi connectivity index (χ0) is 42.6. The smallest absolute Gasteiger partial charge is 0.164 e. The molecule has 9 aromatic carbocycles. The Balaban J connectivity index is 1.16.